The topological polar surface area (TPSA) is 59.4 Å². The number of benzene rings is 1. The Bertz CT molecular complexity index is 524. The summed E-state index contributed by atoms with van der Waals surface area (Å²) in [6.07, 6.45) is 1.57. The van der Waals surface area contributed by atoms with Gasteiger partial charge in [-0.15, -0.1) is 4.91 Å². The van der Waals surface area contributed by atoms with Gasteiger partial charge in [-0.3, -0.25) is 9.78 Å². The minimum atomic E-state index is -0.799. The highest BCUT2D eigenvalue weighted by atomic mass is 16.3. The lowest BCUT2D eigenvalue weighted by molar-refractivity contribution is 0.100. The molecule has 1 amide bonds. The fraction of sp³-hybridized carbons (Fsp3) is 0. The fourth-order valence-corrected chi connectivity index (χ4v) is 1.45. The third-order valence-corrected chi connectivity index (χ3v) is 2.17. The molecule has 0 N–H and O–H groups in total. The molecule has 4 heteroatoms. The molecule has 16 heavy (non-hydrogen) atoms. The Hall–Kier alpha value is -2.36. The molecule has 0 aliphatic rings. The van der Waals surface area contributed by atoms with Gasteiger partial charge in [0.1, 0.15) is 0 Å². The SMILES string of the molecule is O=NC(=O)c1cccnc1-c1ccccc1. The lowest BCUT2D eigenvalue weighted by Gasteiger charge is -2.03. The average Bonchev–Trinajstić information content (AvgIpc) is 2.39. The van der Waals surface area contributed by atoms with E-state index >= 15 is 0 Å². The maximum atomic E-state index is 11.3. The Kier molecular flexibility index (Phi) is 2.82. The zero-order chi connectivity index (χ0) is 11.4. The minimum Gasteiger partial charge on any atom is -0.263 e. The molecule has 0 aliphatic carbocycles. The molecule has 0 spiro atoms. The number of hydrogen-bond donors (Lipinski definition) is 0. The summed E-state index contributed by atoms with van der Waals surface area (Å²) in [5, 5.41) is 2.42. The van der Waals surface area contributed by atoms with Crippen molar-refractivity contribution < 1.29 is 4.79 Å². The number of aromatic nitrogens is 1. The van der Waals surface area contributed by atoms with Crippen LogP contribution in [-0.2, 0) is 0 Å². The van der Waals surface area contributed by atoms with Gasteiger partial charge in [0.15, 0.2) is 0 Å². The first-order valence-electron chi connectivity index (χ1n) is 4.71. The van der Waals surface area contributed by atoms with E-state index in [2.05, 4.69) is 10.2 Å². The van der Waals surface area contributed by atoms with Crippen LogP contribution in [0.25, 0.3) is 11.3 Å². The van der Waals surface area contributed by atoms with E-state index in [0.29, 0.717) is 5.69 Å². The average molecular weight is 212 g/mol. The maximum Gasteiger partial charge on any atom is 0.318 e. The van der Waals surface area contributed by atoms with Crippen LogP contribution in [0.2, 0.25) is 0 Å². The standard InChI is InChI=1S/C12H8N2O2/c15-12(14-16)10-7-4-8-13-11(10)9-5-2-1-3-6-9/h1-8H. The van der Waals surface area contributed by atoms with Crippen molar-refractivity contribution >= 4 is 5.91 Å². The van der Waals surface area contributed by atoms with E-state index in [1.165, 1.54) is 0 Å². The molecular formula is C12H8N2O2. The van der Waals surface area contributed by atoms with E-state index in [9.17, 15) is 9.70 Å². The van der Waals surface area contributed by atoms with Crippen molar-refractivity contribution in [2.24, 2.45) is 5.18 Å². The second-order valence-corrected chi connectivity index (χ2v) is 3.16. The van der Waals surface area contributed by atoms with Crippen molar-refractivity contribution in [2.45, 2.75) is 0 Å². The largest absolute Gasteiger partial charge is 0.318 e. The summed E-state index contributed by atoms with van der Waals surface area (Å²) in [7, 11) is 0. The predicted octanol–water partition coefficient (Wildman–Crippen LogP) is 2.66. The van der Waals surface area contributed by atoms with E-state index < -0.39 is 5.91 Å². The zero-order valence-corrected chi connectivity index (χ0v) is 8.33. The lowest BCUT2D eigenvalue weighted by atomic mass is 10.1. The highest BCUT2D eigenvalue weighted by Crippen LogP contribution is 2.21. The van der Waals surface area contributed by atoms with E-state index in [1.807, 2.05) is 30.3 Å². The van der Waals surface area contributed by atoms with Crippen molar-refractivity contribution in [2.75, 3.05) is 0 Å². The molecule has 0 atom stereocenters. The molecule has 2 aromatic rings. The van der Waals surface area contributed by atoms with E-state index in [0.717, 1.165) is 5.56 Å². The molecule has 0 saturated carbocycles. The van der Waals surface area contributed by atoms with Crippen molar-refractivity contribution in [1.82, 2.24) is 4.98 Å². The molecule has 0 aliphatic heterocycles. The van der Waals surface area contributed by atoms with Gasteiger partial charge < -0.3 is 0 Å². The summed E-state index contributed by atoms with van der Waals surface area (Å²) >= 11 is 0. The van der Waals surface area contributed by atoms with Gasteiger partial charge in [0.05, 0.1) is 11.3 Å². The van der Waals surface area contributed by atoms with Gasteiger partial charge >= 0.3 is 5.91 Å². The number of rotatable bonds is 2. The van der Waals surface area contributed by atoms with Gasteiger partial charge in [0.25, 0.3) is 0 Å². The number of carbonyl (C=O) groups is 1. The summed E-state index contributed by atoms with van der Waals surface area (Å²) in [5.41, 5.74) is 1.49. The van der Waals surface area contributed by atoms with Crippen LogP contribution < -0.4 is 0 Å². The Labute approximate surface area is 91.9 Å². The molecule has 4 nitrogen and oxygen atoms in total. The zero-order valence-electron chi connectivity index (χ0n) is 8.33. The van der Waals surface area contributed by atoms with E-state index in [1.54, 1.807) is 18.3 Å². The summed E-state index contributed by atoms with van der Waals surface area (Å²) in [4.78, 5) is 25.6. The normalized spacial score (nSPS) is 9.75. The van der Waals surface area contributed by atoms with Crippen molar-refractivity contribution in [3.05, 3.63) is 59.1 Å². The fourth-order valence-electron chi connectivity index (χ4n) is 1.45. The molecule has 2 rings (SSSR count). The molecule has 1 heterocycles. The van der Waals surface area contributed by atoms with Gasteiger partial charge in [-0.05, 0) is 12.1 Å². The van der Waals surface area contributed by atoms with Crippen LogP contribution in [0.15, 0.2) is 53.8 Å². The number of nitroso groups, excluding NO2 is 1. The predicted molar refractivity (Wildman–Crippen MR) is 59.8 cm³/mol. The van der Waals surface area contributed by atoms with Crippen LogP contribution in [0.5, 0.6) is 0 Å². The van der Waals surface area contributed by atoms with Crippen LogP contribution in [0.1, 0.15) is 10.4 Å². The Balaban J connectivity index is 2.57. The lowest BCUT2D eigenvalue weighted by Crippen LogP contribution is -1.98. The van der Waals surface area contributed by atoms with Crippen LogP contribution in [0.4, 0.5) is 0 Å². The second-order valence-electron chi connectivity index (χ2n) is 3.16. The second kappa shape index (κ2) is 4.44. The first kappa shape index (κ1) is 10.2. The van der Waals surface area contributed by atoms with Crippen molar-refractivity contribution in [1.29, 1.82) is 0 Å². The molecule has 0 bridgehead atoms. The number of carbonyl (C=O) groups excluding carboxylic acids is 1. The van der Waals surface area contributed by atoms with Gasteiger partial charge in [-0.1, -0.05) is 30.3 Å². The number of nitrogens with zero attached hydrogens (tertiary/aromatic N) is 2. The van der Waals surface area contributed by atoms with Crippen molar-refractivity contribution in [3.8, 4) is 11.3 Å². The third kappa shape index (κ3) is 1.86. The molecule has 1 aromatic carbocycles. The van der Waals surface area contributed by atoms with Gasteiger partial charge in [-0.2, -0.15) is 0 Å². The Morgan fingerprint density at radius 1 is 1.06 bits per heavy atom. The van der Waals surface area contributed by atoms with Gasteiger partial charge in [-0.25, -0.2) is 0 Å². The molecular weight excluding hydrogens is 204 g/mol. The highest BCUT2D eigenvalue weighted by molar-refractivity contribution is 6.00. The summed E-state index contributed by atoms with van der Waals surface area (Å²) in [6, 6.07) is 12.3. The first-order chi connectivity index (χ1) is 7.83. The Morgan fingerprint density at radius 2 is 1.81 bits per heavy atom. The monoisotopic (exact) mass is 212 g/mol. The quantitative estimate of drug-likeness (QED) is 0.719. The molecule has 1 aromatic heterocycles. The summed E-state index contributed by atoms with van der Waals surface area (Å²) < 4.78 is 0. The highest BCUT2D eigenvalue weighted by Gasteiger charge is 2.13. The first-order valence-corrected chi connectivity index (χ1v) is 4.71. The molecule has 0 radical (unpaired) electrons. The molecule has 0 unspecified atom stereocenters. The third-order valence-electron chi connectivity index (χ3n) is 2.17. The summed E-state index contributed by atoms with van der Waals surface area (Å²) in [5.74, 6) is -0.799. The van der Waals surface area contributed by atoms with Crippen LogP contribution in [0, 0.1) is 4.91 Å². The van der Waals surface area contributed by atoms with Crippen LogP contribution in [0.3, 0.4) is 0 Å². The number of amides is 1. The Morgan fingerprint density at radius 3 is 2.50 bits per heavy atom. The van der Waals surface area contributed by atoms with Crippen LogP contribution in [-0.4, -0.2) is 10.9 Å². The van der Waals surface area contributed by atoms with Crippen molar-refractivity contribution in [3.63, 3.8) is 0 Å². The summed E-state index contributed by atoms with van der Waals surface area (Å²) in [6.45, 7) is 0. The number of hydrogen-bond acceptors (Lipinski definition) is 3. The smallest absolute Gasteiger partial charge is 0.263 e. The van der Waals surface area contributed by atoms with Crippen LogP contribution >= 0.6 is 0 Å². The minimum absolute atomic E-state index is 0.226. The maximum absolute atomic E-state index is 11.3. The van der Waals surface area contributed by atoms with E-state index in [4.69, 9.17) is 0 Å². The molecule has 78 valence electrons. The molecule has 0 fully saturated rings. The van der Waals surface area contributed by atoms with Gasteiger partial charge in [0, 0.05) is 16.9 Å². The molecule has 0 saturated heterocycles. The van der Waals surface area contributed by atoms with E-state index in [-0.39, 0.29) is 5.56 Å². The number of pyridine rings is 1. The van der Waals surface area contributed by atoms with Gasteiger partial charge in [0.2, 0.25) is 0 Å².